The van der Waals surface area contributed by atoms with Crippen molar-refractivity contribution in [2.75, 3.05) is 14.2 Å². The summed E-state index contributed by atoms with van der Waals surface area (Å²) in [7, 11) is 3.48. The van der Waals surface area contributed by atoms with Crippen molar-refractivity contribution in [3.63, 3.8) is 0 Å². The van der Waals surface area contributed by atoms with Gasteiger partial charge in [-0.2, -0.15) is 0 Å². The van der Waals surface area contributed by atoms with Crippen LogP contribution in [0.4, 0.5) is 0 Å². The molecule has 3 heteroatoms. The quantitative estimate of drug-likeness (QED) is 0.466. The fourth-order valence-corrected chi connectivity index (χ4v) is 3.48. The molecule has 0 aliphatic carbocycles. The van der Waals surface area contributed by atoms with Crippen LogP contribution in [0.5, 0.6) is 11.5 Å². The zero-order chi connectivity index (χ0) is 19.1. The molecule has 0 saturated heterocycles. The molecule has 2 aromatic rings. The minimum atomic E-state index is 0.840. The van der Waals surface area contributed by atoms with Gasteiger partial charge >= 0.3 is 0 Å². The highest BCUT2D eigenvalue weighted by Crippen LogP contribution is 2.40. The maximum atomic E-state index is 5.79. The second kappa shape index (κ2) is 9.68. The summed E-state index contributed by atoms with van der Waals surface area (Å²) in [6.07, 6.45) is 6.38. The fourth-order valence-electron chi connectivity index (χ4n) is 3.37. The van der Waals surface area contributed by atoms with Gasteiger partial charge in [-0.15, -0.1) is 0 Å². The topological polar surface area (TPSA) is 18.5 Å². The van der Waals surface area contributed by atoms with E-state index in [1.54, 1.807) is 19.8 Å². The highest BCUT2D eigenvalue weighted by Gasteiger charge is 2.17. The van der Waals surface area contributed by atoms with E-state index in [1.807, 2.05) is 12.1 Å². The summed E-state index contributed by atoms with van der Waals surface area (Å²) >= 11 is 5.73. The van der Waals surface area contributed by atoms with E-state index >= 15 is 0 Å². The minimum Gasteiger partial charge on any atom is -0.496 e. The molecule has 2 aromatic carbocycles. The van der Waals surface area contributed by atoms with Gasteiger partial charge in [0.15, 0.2) is 0 Å². The van der Waals surface area contributed by atoms with E-state index in [9.17, 15) is 0 Å². The molecule has 26 heavy (non-hydrogen) atoms. The van der Waals surface area contributed by atoms with Crippen LogP contribution >= 0.6 is 11.6 Å². The summed E-state index contributed by atoms with van der Waals surface area (Å²) in [5.74, 6) is 1.88. The van der Waals surface area contributed by atoms with E-state index in [0.29, 0.717) is 0 Å². The lowest BCUT2D eigenvalue weighted by atomic mass is 9.95. The number of rotatable bonds is 8. The Morgan fingerprint density at radius 1 is 0.962 bits per heavy atom. The first kappa shape index (κ1) is 20.4. The van der Waals surface area contributed by atoms with Gasteiger partial charge in [0.1, 0.15) is 11.5 Å². The SMILES string of the molecule is COc1c(C)c(C/C=C(\C)CCCC(C)=CCl)c(OC)c2ccccc12. The highest BCUT2D eigenvalue weighted by atomic mass is 35.5. The predicted octanol–water partition coefficient (Wildman–Crippen LogP) is 6.97. The molecule has 0 saturated carbocycles. The molecule has 0 bridgehead atoms. The maximum Gasteiger partial charge on any atom is 0.130 e. The first-order valence-corrected chi connectivity index (χ1v) is 9.50. The van der Waals surface area contributed by atoms with Gasteiger partial charge in [0.05, 0.1) is 14.2 Å². The van der Waals surface area contributed by atoms with Crippen molar-refractivity contribution in [3.8, 4) is 11.5 Å². The normalized spacial score (nSPS) is 12.5. The van der Waals surface area contributed by atoms with Crippen LogP contribution in [0.25, 0.3) is 10.8 Å². The van der Waals surface area contributed by atoms with E-state index in [-0.39, 0.29) is 0 Å². The Morgan fingerprint density at radius 3 is 2.12 bits per heavy atom. The van der Waals surface area contributed by atoms with Gasteiger partial charge in [0.2, 0.25) is 0 Å². The summed E-state index contributed by atoms with van der Waals surface area (Å²) in [4.78, 5) is 0. The van der Waals surface area contributed by atoms with Gasteiger partial charge in [-0.05, 0) is 52.0 Å². The zero-order valence-corrected chi connectivity index (χ0v) is 17.2. The Labute approximate surface area is 162 Å². The molecule has 140 valence electrons. The molecule has 0 radical (unpaired) electrons. The van der Waals surface area contributed by atoms with Gasteiger partial charge in [0, 0.05) is 21.9 Å². The Kier molecular flexibility index (Phi) is 7.59. The Balaban J connectivity index is 2.31. The van der Waals surface area contributed by atoms with Crippen molar-refractivity contribution in [1.82, 2.24) is 0 Å². The van der Waals surface area contributed by atoms with Gasteiger partial charge in [-0.1, -0.05) is 53.1 Å². The third kappa shape index (κ3) is 4.62. The first-order chi connectivity index (χ1) is 12.5. The monoisotopic (exact) mass is 372 g/mol. The van der Waals surface area contributed by atoms with Crippen molar-refractivity contribution >= 4 is 22.4 Å². The summed E-state index contributed by atoms with van der Waals surface area (Å²) < 4.78 is 11.5. The number of hydrogen-bond donors (Lipinski definition) is 0. The van der Waals surface area contributed by atoms with Crippen LogP contribution in [0.1, 0.15) is 44.2 Å². The van der Waals surface area contributed by atoms with E-state index in [4.69, 9.17) is 21.1 Å². The zero-order valence-electron chi connectivity index (χ0n) is 16.5. The lowest BCUT2D eigenvalue weighted by molar-refractivity contribution is 0.404. The molecular formula is C23H29ClO2. The van der Waals surface area contributed by atoms with Crippen LogP contribution in [0.15, 0.2) is 47.0 Å². The van der Waals surface area contributed by atoms with E-state index in [0.717, 1.165) is 53.5 Å². The molecular weight excluding hydrogens is 344 g/mol. The summed E-state index contributed by atoms with van der Waals surface area (Å²) in [6, 6.07) is 8.25. The van der Waals surface area contributed by atoms with Crippen LogP contribution in [0, 0.1) is 6.92 Å². The van der Waals surface area contributed by atoms with Crippen LogP contribution in [0.2, 0.25) is 0 Å². The second-order valence-electron chi connectivity index (χ2n) is 6.78. The number of fused-ring (bicyclic) bond motifs is 1. The number of methoxy groups -OCH3 is 2. The predicted molar refractivity (Wildman–Crippen MR) is 113 cm³/mol. The lowest BCUT2D eigenvalue weighted by Crippen LogP contribution is -2.00. The number of benzene rings is 2. The number of ether oxygens (including phenoxy) is 2. The smallest absolute Gasteiger partial charge is 0.130 e. The van der Waals surface area contributed by atoms with E-state index in [2.05, 4.69) is 39.0 Å². The Morgan fingerprint density at radius 2 is 1.54 bits per heavy atom. The fraction of sp³-hybridized carbons (Fsp3) is 0.391. The van der Waals surface area contributed by atoms with Crippen molar-refractivity contribution < 1.29 is 9.47 Å². The molecule has 2 rings (SSSR count). The number of hydrogen-bond acceptors (Lipinski definition) is 2. The third-order valence-electron chi connectivity index (χ3n) is 4.88. The first-order valence-electron chi connectivity index (χ1n) is 9.07. The van der Waals surface area contributed by atoms with Gasteiger partial charge in [0.25, 0.3) is 0 Å². The average Bonchev–Trinajstić information content (AvgIpc) is 2.65. The van der Waals surface area contributed by atoms with Crippen LogP contribution < -0.4 is 9.47 Å². The third-order valence-corrected chi connectivity index (χ3v) is 5.25. The van der Waals surface area contributed by atoms with Crippen LogP contribution in [0.3, 0.4) is 0 Å². The standard InChI is InChI=1S/C23H29ClO2/c1-16(9-8-10-17(2)15-24)13-14-19-18(3)22(25-4)20-11-6-7-12-21(20)23(19)26-5/h6-7,11-13,15H,8-10,14H2,1-5H3/b16-13+,17-15?. The number of allylic oxidation sites excluding steroid dienone is 3. The molecule has 0 aliphatic rings. The summed E-state index contributed by atoms with van der Waals surface area (Å²) in [6.45, 7) is 6.38. The van der Waals surface area contributed by atoms with Gasteiger partial charge in [-0.3, -0.25) is 0 Å². The van der Waals surface area contributed by atoms with E-state index < -0.39 is 0 Å². The number of halogens is 1. The van der Waals surface area contributed by atoms with E-state index in [1.165, 1.54) is 16.7 Å². The maximum absolute atomic E-state index is 5.79. The molecule has 0 amide bonds. The van der Waals surface area contributed by atoms with Crippen molar-refractivity contribution in [2.24, 2.45) is 0 Å². The molecule has 0 unspecified atom stereocenters. The minimum absolute atomic E-state index is 0.840. The molecule has 0 fully saturated rings. The molecule has 0 aromatic heterocycles. The van der Waals surface area contributed by atoms with Crippen molar-refractivity contribution in [1.29, 1.82) is 0 Å². The summed E-state index contributed by atoms with van der Waals surface area (Å²) in [5, 5.41) is 2.19. The Bertz CT molecular complexity index is 819. The molecule has 0 N–H and O–H groups in total. The second-order valence-corrected chi connectivity index (χ2v) is 7.00. The van der Waals surface area contributed by atoms with Gasteiger partial charge in [-0.25, -0.2) is 0 Å². The van der Waals surface area contributed by atoms with Crippen molar-refractivity contribution in [3.05, 3.63) is 58.1 Å². The molecule has 0 spiro atoms. The van der Waals surface area contributed by atoms with Gasteiger partial charge < -0.3 is 9.47 Å². The lowest BCUT2D eigenvalue weighted by Gasteiger charge is -2.18. The molecule has 2 nitrogen and oxygen atoms in total. The highest BCUT2D eigenvalue weighted by molar-refractivity contribution is 6.25. The van der Waals surface area contributed by atoms with Crippen LogP contribution in [-0.4, -0.2) is 14.2 Å². The summed E-state index contributed by atoms with van der Waals surface area (Å²) in [5.41, 5.74) is 6.64. The average molecular weight is 373 g/mol. The van der Waals surface area contributed by atoms with Crippen molar-refractivity contribution in [2.45, 2.75) is 46.5 Å². The largest absolute Gasteiger partial charge is 0.496 e. The van der Waals surface area contributed by atoms with Crippen LogP contribution in [-0.2, 0) is 6.42 Å². The Hall–Kier alpha value is -1.93. The molecule has 0 heterocycles. The molecule has 0 aliphatic heterocycles. The molecule has 0 atom stereocenters.